The molecule has 0 bridgehead atoms. The van der Waals surface area contributed by atoms with Crippen LogP contribution < -0.4 is 5.73 Å². The van der Waals surface area contributed by atoms with Gasteiger partial charge in [-0.1, -0.05) is 0 Å². The Kier molecular flexibility index (Phi) is 2.65. The van der Waals surface area contributed by atoms with Gasteiger partial charge in [0, 0.05) is 17.3 Å². The van der Waals surface area contributed by atoms with Crippen LogP contribution in [-0.2, 0) is 0 Å². The Balaban J connectivity index is 3.17. The van der Waals surface area contributed by atoms with Gasteiger partial charge in [0.15, 0.2) is 0 Å². The third-order valence-electron chi connectivity index (χ3n) is 1.72. The summed E-state index contributed by atoms with van der Waals surface area (Å²) in [5.74, 6) is -0.363. The summed E-state index contributed by atoms with van der Waals surface area (Å²) in [7, 11) is 0. The fraction of sp³-hybridized carbons (Fsp3) is 0.100. The molecule has 0 spiro atoms. The van der Waals surface area contributed by atoms with Crippen LogP contribution in [0.1, 0.15) is 11.1 Å². The van der Waals surface area contributed by atoms with E-state index >= 15 is 0 Å². The fourth-order valence-corrected chi connectivity index (χ4v) is 0.962. The SMILES string of the molecule is Cc1cc(F)c(C=CC#N)cc1N. The van der Waals surface area contributed by atoms with Gasteiger partial charge in [-0.2, -0.15) is 5.26 Å². The molecule has 0 fully saturated rings. The Bertz CT molecular complexity index is 389. The number of nitrogens with two attached hydrogens (primary N) is 1. The normalized spacial score (nSPS) is 10.2. The Morgan fingerprint density at radius 2 is 2.23 bits per heavy atom. The molecule has 0 aliphatic carbocycles. The minimum absolute atomic E-state index is 0.338. The zero-order valence-corrected chi connectivity index (χ0v) is 7.21. The predicted octanol–water partition coefficient (Wildman–Crippen LogP) is 2.25. The van der Waals surface area contributed by atoms with E-state index in [9.17, 15) is 4.39 Å². The van der Waals surface area contributed by atoms with Crippen LogP contribution in [0.4, 0.5) is 10.1 Å². The third-order valence-corrected chi connectivity index (χ3v) is 1.72. The van der Waals surface area contributed by atoms with Crippen molar-refractivity contribution >= 4 is 11.8 Å². The first-order valence-corrected chi connectivity index (χ1v) is 3.77. The lowest BCUT2D eigenvalue weighted by Gasteiger charge is -2.02. The van der Waals surface area contributed by atoms with Crippen LogP contribution in [0.3, 0.4) is 0 Å². The molecule has 2 nitrogen and oxygen atoms in total. The molecule has 0 saturated heterocycles. The maximum absolute atomic E-state index is 13.1. The van der Waals surface area contributed by atoms with Gasteiger partial charge >= 0.3 is 0 Å². The van der Waals surface area contributed by atoms with Crippen molar-refractivity contribution in [2.75, 3.05) is 5.73 Å². The van der Waals surface area contributed by atoms with Gasteiger partial charge in [0.25, 0.3) is 0 Å². The first kappa shape index (κ1) is 9.27. The van der Waals surface area contributed by atoms with E-state index in [0.717, 1.165) is 0 Å². The smallest absolute Gasteiger partial charge is 0.130 e. The molecule has 1 aromatic carbocycles. The average Bonchev–Trinajstić information content (AvgIpc) is 2.09. The maximum atomic E-state index is 13.1. The molecule has 0 unspecified atom stereocenters. The second-order valence-electron chi connectivity index (χ2n) is 2.69. The van der Waals surface area contributed by atoms with Crippen molar-refractivity contribution in [3.63, 3.8) is 0 Å². The minimum Gasteiger partial charge on any atom is -0.398 e. The largest absolute Gasteiger partial charge is 0.398 e. The molecule has 13 heavy (non-hydrogen) atoms. The van der Waals surface area contributed by atoms with Gasteiger partial charge in [-0.05, 0) is 30.7 Å². The number of hydrogen-bond donors (Lipinski definition) is 1. The van der Waals surface area contributed by atoms with E-state index < -0.39 is 0 Å². The van der Waals surface area contributed by atoms with E-state index in [1.54, 1.807) is 13.0 Å². The van der Waals surface area contributed by atoms with Gasteiger partial charge in [0.05, 0.1) is 6.07 Å². The lowest BCUT2D eigenvalue weighted by Crippen LogP contribution is -1.92. The van der Waals surface area contributed by atoms with Crippen LogP contribution in [0.2, 0.25) is 0 Å². The highest BCUT2D eigenvalue weighted by Gasteiger charge is 2.01. The summed E-state index contributed by atoms with van der Waals surface area (Å²) in [4.78, 5) is 0. The van der Waals surface area contributed by atoms with E-state index in [2.05, 4.69) is 0 Å². The van der Waals surface area contributed by atoms with Crippen molar-refractivity contribution in [2.45, 2.75) is 6.92 Å². The molecule has 2 N–H and O–H groups in total. The highest BCUT2D eigenvalue weighted by molar-refractivity contribution is 5.60. The molecule has 0 aliphatic heterocycles. The van der Waals surface area contributed by atoms with Crippen LogP contribution in [-0.4, -0.2) is 0 Å². The van der Waals surface area contributed by atoms with E-state index in [0.29, 0.717) is 16.8 Å². The van der Waals surface area contributed by atoms with Crippen LogP contribution >= 0.6 is 0 Å². The van der Waals surface area contributed by atoms with Crippen molar-refractivity contribution in [3.8, 4) is 6.07 Å². The zero-order chi connectivity index (χ0) is 9.84. The monoisotopic (exact) mass is 176 g/mol. The number of nitrogen functional groups attached to an aromatic ring is 1. The topological polar surface area (TPSA) is 49.8 Å². The molecule has 66 valence electrons. The number of halogens is 1. The number of rotatable bonds is 1. The number of allylic oxidation sites excluding steroid dienone is 1. The summed E-state index contributed by atoms with van der Waals surface area (Å²) in [6, 6.07) is 4.66. The zero-order valence-electron chi connectivity index (χ0n) is 7.21. The first-order valence-electron chi connectivity index (χ1n) is 3.77. The molecule has 0 aromatic heterocycles. The molecular formula is C10H9FN2. The fourth-order valence-electron chi connectivity index (χ4n) is 0.962. The second-order valence-corrected chi connectivity index (χ2v) is 2.69. The molecule has 0 aliphatic rings. The van der Waals surface area contributed by atoms with Crippen LogP contribution in [0.25, 0.3) is 6.08 Å². The van der Waals surface area contributed by atoms with E-state index in [-0.39, 0.29) is 5.82 Å². The number of anilines is 1. The molecule has 3 heteroatoms. The third kappa shape index (κ3) is 2.06. The Morgan fingerprint density at radius 3 is 2.85 bits per heavy atom. The Morgan fingerprint density at radius 1 is 1.54 bits per heavy atom. The maximum Gasteiger partial charge on any atom is 0.130 e. The van der Waals surface area contributed by atoms with Crippen LogP contribution in [0, 0.1) is 24.1 Å². The Hall–Kier alpha value is -1.82. The molecule has 0 saturated carbocycles. The van der Waals surface area contributed by atoms with Gasteiger partial charge in [0.2, 0.25) is 0 Å². The quantitative estimate of drug-likeness (QED) is 0.527. The highest BCUT2D eigenvalue weighted by atomic mass is 19.1. The van der Waals surface area contributed by atoms with Gasteiger partial charge in [-0.15, -0.1) is 0 Å². The van der Waals surface area contributed by atoms with E-state index in [1.807, 2.05) is 0 Å². The van der Waals surface area contributed by atoms with Crippen molar-refractivity contribution in [2.24, 2.45) is 0 Å². The molecule has 1 aromatic rings. The summed E-state index contributed by atoms with van der Waals surface area (Å²) in [5.41, 5.74) is 7.14. The molecular weight excluding hydrogens is 167 g/mol. The molecule has 0 amide bonds. The summed E-state index contributed by atoms with van der Waals surface area (Å²) < 4.78 is 13.1. The summed E-state index contributed by atoms with van der Waals surface area (Å²) in [6.45, 7) is 1.73. The molecule has 0 heterocycles. The van der Waals surface area contributed by atoms with Crippen molar-refractivity contribution < 1.29 is 4.39 Å². The lowest BCUT2D eigenvalue weighted by molar-refractivity contribution is 0.624. The van der Waals surface area contributed by atoms with Crippen molar-refractivity contribution in [3.05, 3.63) is 35.2 Å². The minimum atomic E-state index is -0.363. The van der Waals surface area contributed by atoms with Gasteiger partial charge < -0.3 is 5.73 Å². The molecule has 0 radical (unpaired) electrons. The first-order chi connectivity index (χ1) is 6.15. The van der Waals surface area contributed by atoms with Gasteiger partial charge in [-0.25, -0.2) is 4.39 Å². The standard InChI is InChI=1S/C10H9FN2/c1-7-5-9(11)8(3-2-4-12)6-10(7)13/h2-3,5-6H,13H2,1H3. The van der Waals surface area contributed by atoms with E-state index in [1.165, 1.54) is 24.3 Å². The predicted molar refractivity (Wildman–Crippen MR) is 50.2 cm³/mol. The van der Waals surface area contributed by atoms with Crippen LogP contribution in [0.15, 0.2) is 18.2 Å². The number of nitriles is 1. The van der Waals surface area contributed by atoms with Gasteiger partial charge in [0.1, 0.15) is 5.82 Å². The van der Waals surface area contributed by atoms with Crippen molar-refractivity contribution in [1.82, 2.24) is 0 Å². The average molecular weight is 176 g/mol. The summed E-state index contributed by atoms with van der Waals surface area (Å²) in [5, 5.41) is 8.25. The number of aryl methyl sites for hydroxylation is 1. The molecule has 1 rings (SSSR count). The second kappa shape index (κ2) is 3.72. The number of nitrogens with zero attached hydrogens (tertiary/aromatic N) is 1. The highest BCUT2D eigenvalue weighted by Crippen LogP contribution is 2.18. The summed E-state index contributed by atoms with van der Waals surface area (Å²) in [6.07, 6.45) is 2.61. The van der Waals surface area contributed by atoms with E-state index in [4.69, 9.17) is 11.0 Å². The lowest BCUT2D eigenvalue weighted by atomic mass is 10.1. The van der Waals surface area contributed by atoms with Crippen LogP contribution in [0.5, 0.6) is 0 Å². The molecule has 0 atom stereocenters. The number of hydrogen-bond acceptors (Lipinski definition) is 2. The summed E-state index contributed by atoms with van der Waals surface area (Å²) >= 11 is 0. The Labute approximate surface area is 76.1 Å². The van der Waals surface area contributed by atoms with Gasteiger partial charge in [-0.3, -0.25) is 0 Å². The van der Waals surface area contributed by atoms with Crippen molar-refractivity contribution in [1.29, 1.82) is 5.26 Å². The number of benzene rings is 1.